The summed E-state index contributed by atoms with van der Waals surface area (Å²) in [6.45, 7) is 0. The first-order chi connectivity index (χ1) is 0. The Kier molecular flexibility index (Phi) is 333. The van der Waals surface area contributed by atoms with Crippen LogP contribution in [-0.2, 0) is 43.4 Å². The smallest absolute Gasteiger partial charge is 0.358 e. The summed E-state index contributed by atoms with van der Waals surface area (Å²) in [4.78, 5) is 0. The van der Waals surface area contributed by atoms with Crippen molar-refractivity contribution in [3.63, 3.8) is 0 Å². The first-order valence-corrected chi connectivity index (χ1v) is 0. The Morgan fingerprint density at radius 2 is 0.500 bits per heavy atom. The molecule has 0 rings (SSSR count). The Morgan fingerprint density at radius 3 is 0.500 bits per heavy atom. The number of rotatable bonds is 0. The van der Waals surface area contributed by atoms with Crippen LogP contribution in [0.4, 0.5) is 0 Å². The van der Waals surface area contributed by atoms with Crippen molar-refractivity contribution in [2.24, 2.45) is 0 Å². The molecule has 0 aromatic heterocycles. The van der Waals surface area contributed by atoms with Gasteiger partial charge in [-0.2, -0.15) is 0 Å². The molecule has 0 aliphatic carbocycles. The second-order valence-corrected chi connectivity index (χ2v) is 0. The van der Waals surface area contributed by atoms with Gasteiger partial charge >= 0.3 is 43.4 Å². The van der Waals surface area contributed by atoms with Crippen molar-refractivity contribution >= 4 is 0 Å². The van der Waals surface area contributed by atoms with E-state index in [1.54, 1.807) is 0 Å². The third-order valence-corrected chi connectivity index (χ3v) is 0. The molecule has 20 valence electrons. The van der Waals surface area contributed by atoms with Crippen molar-refractivity contribution in [3.8, 4) is 0 Å². The molecule has 0 aromatic rings. The van der Waals surface area contributed by atoms with Crippen LogP contribution in [0, 0.1) is 14.9 Å². The van der Waals surface area contributed by atoms with Gasteiger partial charge in [0.1, 0.15) is 0 Å². The Labute approximate surface area is 58.1 Å². The fourth-order valence-corrected chi connectivity index (χ4v) is 0. The van der Waals surface area contributed by atoms with Gasteiger partial charge in [-0.05, 0) is 0 Å². The van der Waals surface area contributed by atoms with E-state index in [1.165, 1.54) is 0 Å². The van der Waals surface area contributed by atoms with Crippen molar-refractivity contribution in [2.75, 3.05) is 0 Å². The molecule has 0 saturated carbocycles. The predicted octanol–water partition coefficient (Wildman–Crippen LogP) is 0.896. The molecule has 0 saturated heterocycles. The molecule has 0 aliphatic rings. The molecule has 0 unspecified atom stereocenters. The normalized spacial score (nSPS) is 0. The molecule has 0 atom stereocenters. The van der Waals surface area contributed by atoms with E-state index in [4.69, 9.17) is 0 Å². The summed E-state index contributed by atoms with van der Waals surface area (Å²) < 4.78 is 0. The average Bonchev–Trinajstić information content (AvgIpc) is 0. The summed E-state index contributed by atoms with van der Waals surface area (Å²) in [5.41, 5.74) is 0. The van der Waals surface area contributed by atoms with Gasteiger partial charge < -0.3 is 14.9 Å². The Hall–Kier alpha value is 1.43. The zero-order valence-electron chi connectivity index (χ0n) is 3.00. The third kappa shape index (κ3) is 9.91. The maximum Gasteiger partial charge on any atom is 2.00 e. The Bertz CT molecular complexity index is 4.00. The van der Waals surface area contributed by atoms with Crippen LogP contribution in [0.3, 0.4) is 0 Å². The van der Waals surface area contributed by atoms with Crippen LogP contribution in [0.25, 0.3) is 0 Å². The predicted molar refractivity (Wildman–Crippen MR) is 12.8 cm³/mol. The van der Waals surface area contributed by atoms with Crippen molar-refractivity contribution in [1.82, 2.24) is 0 Å². The van der Waals surface area contributed by atoms with Gasteiger partial charge in [0.2, 0.25) is 0 Å². The molecule has 0 spiro atoms. The molecule has 0 amide bonds. The van der Waals surface area contributed by atoms with Gasteiger partial charge in [-0.25, -0.2) is 0 Å². The van der Waals surface area contributed by atoms with E-state index < -0.39 is 0 Å². The quantitative estimate of drug-likeness (QED) is 0.334. The molecular formula is C2H6Ti2+2. The maximum atomic E-state index is 0. The zero-order chi connectivity index (χ0) is 0. The first kappa shape index (κ1) is 52.2. The van der Waals surface area contributed by atoms with Crippen LogP contribution in [-0.4, -0.2) is 0 Å². The summed E-state index contributed by atoms with van der Waals surface area (Å²) in [5, 5.41) is 0. The average molecular weight is 126 g/mol. The molecule has 0 radical (unpaired) electrons. The van der Waals surface area contributed by atoms with Crippen LogP contribution in [0.5, 0.6) is 0 Å². The summed E-state index contributed by atoms with van der Waals surface area (Å²) >= 11 is 0. The number of hydrogen-bond acceptors (Lipinski definition) is 0. The Balaban J connectivity index is 0. The van der Waals surface area contributed by atoms with Crippen LogP contribution < -0.4 is 0 Å². The summed E-state index contributed by atoms with van der Waals surface area (Å²) in [6, 6.07) is 0. The molecule has 0 aliphatic heterocycles. The van der Waals surface area contributed by atoms with E-state index in [1.807, 2.05) is 0 Å². The zero-order valence-corrected chi connectivity index (χ0v) is 6.12. The molecule has 0 bridgehead atoms. The van der Waals surface area contributed by atoms with Gasteiger partial charge in [-0.1, -0.05) is 0 Å². The van der Waals surface area contributed by atoms with E-state index in [9.17, 15) is 0 Å². The van der Waals surface area contributed by atoms with Crippen LogP contribution in [0.1, 0.15) is 0 Å². The minimum Gasteiger partial charge on any atom is -0.358 e. The molecule has 0 N–H and O–H groups in total. The van der Waals surface area contributed by atoms with Crippen molar-refractivity contribution in [3.05, 3.63) is 14.9 Å². The number of hydrogen-bond donors (Lipinski definition) is 0. The Morgan fingerprint density at radius 1 is 0.500 bits per heavy atom. The molecule has 4 heavy (non-hydrogen) atoms. The van der Waals surface area contributed by atoms with Gasteiger partial charge in [0.15, 0.2) is 0 Å². The van der Waals surface area contributed by atoms with E-state index >= 15 is 0 Å². The topological polar surface area (TPSA) is 0 Å². The summed E-state index contributed by atoms with van der Waals surface area (Å²) in [6.07, 6.45) is 0. The van der Waals surface area contributed by atoms with Crippen molar-refractivity contribution in [1.29, 1.82) is 0 Å². The molecule has 2 heteroatoms. The molecule has 0 heterocycles. The summed E-state index contributed by atoms with van der Waals surface area (Å²) in [7, 11) is 0. The van der Waals surface area contributed by atoms with E-state index in [0.29, 0.717) is 0 Å². The second kappa shape index (κ2) is 25.5. The van der Waals surface area contributed by atoms with Gasteiger partial charge in [-0.3, -0.25) is 0 Å². The minimum absolute atomic E-state index is 0. The maximum absolute atomic E-state index is 0. The summed E-state index contributed by atoms with van der Waals surface area (Å²) in [5.74, 6) is 0. The van der Waals surface area contributed by atoms with Gasteiger partial charge in [0, 0.05) is 0 Å². The monoisotopic (exact) mass is 126 g/mol. The van der Waals surface area contributed by atoms with Gasteiger partial charge in [0.05, 0.1) is 0 Å². The van der Waals surface area contributed by atoms with E-state index in [0.717, 1.165) is 0 Å². The molecular weight excluding hydrogens is 120 g/mol. The second-order valence-electron chi connectivity index (χ2n) is 0. The fourth-order valence-electron chi connectivity index (χ4n) is 0. The third-order valence-electron chi connectivity index (χ3n) is 0. The molecule has 0 nitrogen and oxygen atoms in total. The standard InChI is InChI=1S/2CH3.2Ti/h2*1H3;;/q2*-1;2*+2. The van der Waals surface area contributed by atoms with Gasteiger partial charge in [-0.15, -0.1) is 0 Å². The fraction of sp³-hybridized carbons (Fsp3) is 0. The van der Waals surface area contributed by atoms with Crippen LogP contribution in [0.15, 0.2) is 0 Å². The molecule has 0 fully saturated rings. The largest absolute Gasteiger partial charge is 2.00 e. The minimum atomic E-state index is 0. The molecule has 0 aromatic carbocycles. The first-order valence-electron chi connectivity index (χ1n) is 0. The van der Waals surface area contributed by atoms with Gasteiger partial charge in [0.25, 0.3) is 0 Å². The van der Waals surface area contributed by atoms with Crippen LogP contribution in [0.2, 0.25) is 0 Å². The van der Waals surface area contributed by atoms with Crippen LogP contribution >= 0.6 is 0 Å². The van der Waals surface area contributed by atoms with Crippen molar-refractivity contribution in [2.45, 2.75) is 0 Å². The van der Waals surface area contributed by atoms with E-state index in [-0.39, 0.29) is 58.3 Å². The SMILES string of the molecule is [CH3-].[CH3-].[Ti+2].[Ti+2]. The van der Waals surface area contributed by atoms with E-state index in [2.05, 4.69) is 0 Å². The van der Waals surface area contributed by atoms with Crippen molar-refractivity contribution < 1.29 is 43.4 Å².